The van der Waals surface area contributed by atoms with E-state index in [2.05, 4.69) is 0 Å². The first-order valence-electron chi connectivity index (χ1n) is 7.96. The maximum absolute atomic E-state index is 11.8. The molecular weight excluding hydrogens is 336 g/mol. The lowest BCUT2D eigenvalue weighted by Crippen LogP contribution is -2.25. The predicted octanol–water partition coefficient (Wildman–Crippen LogP) is 4.83. The second-order valence-electron chi connectivity index (χ2n) is 6.74. The van der Waals surface area contributed by atoms with Gasteiger partial charge in [0.15, 0.2) is 0 Å². The minimum atomic E-state index is -0.540. The zero-order valence-corrected chi connectivity index (χ0v) is 15.7. The molecule has 0 amide bonds. The van der Waals surface area contributed by atoms with E-state index in [0.717, 1.165) is 11.1 Å². The molecule has 132 valence electrons. The number of thiocarbonyl (C=S) groups is 1. The van der Waals surface area contributed by atoms with Gasteiger partial charge in [-0.2, -0.15) is 0 Å². The molecule has 0 aliphatic carbocycles. The van der Waals surface area contributed by atoms with Gasteiger partial charge in [-0.1, -0.05) is 29.8 Å². The normalized spacial score (nSPS) is 10.9. The zero-order valence-electron chi connectivity index (χ0n) is 14.9. The number of rotatable bonds is 4. The Morgan fingerprint density at radius 1 is 0.920 bits per heavy atom. The fourth-order valence-electron chi connectivity index (χ4n) is 1.79. The Bertz CT molecular complexity index is 728. The van der Waals surface area contributed by atoms with Crippen molar-refractivity contribution >= 4 is 23.4 Å². The third-order valence-corrected chi connectivity index (χ3v) is 3.53. The zero-order chi connectivity index (χ0) is 18.4. The van der Waals surface area contributed by atoms with Gasteiger partial charge >= 0.3 is 11.2 Å². The number of esters is 1. The molecule has 2 rings (SSSR count). The van der Waals surface area contributed by atoms with Crippen LogP contribution in [0.25, 0.3) is 0 Å². The minimum absolute atomic E-state index is 0.0621. The van der Waals surface area contributed by atoms with Crippen molar-refractivity contribution in [3.63, 3.8) is 0 Å². The first-order chi connectivity index (χ1) is 11.7. The Kier molecular flexibility index (Phi) is 6.15. The predicted molar refractivity (Wildman–Crippen MR) is 101 cm³/mol. The van der Waals surface area contributed by atoms with Crippen LogP contribution in [-0.2, 0) is 16.1 Å². The lowest BCUT2D eigenvalue weighted by molar-refractivity contribution is -0.142. The fraction of sp³-hybridized carbons (Fsp3) is 0.300. The lowest BCUT2D eigenvalue weighted by Gasteiger charge is -2.16. The number of ether oxygens (including phenoxy) is 3. The van der Waals surface area contributed by atoms with E-state index in [0.29, 0.717) is 11.5 Å². The van der Waals surface area contributed by atoms with Gasteiger partial charge in [-0.3, -0.25) is 4.79 Å². The highest BCUT2D eigenvalue weighted by Crippen LogP contribution is 2.20. The molecule has 25 heavy (non-hydrogen) atoms. The average molecular weight is 358 g/mol. The number of hydrogen-bond acceptors (Lipinski definition) is 5. The van der Waals surface area contributed by atoms with E-state index < -0.39 is 5.41 Å². The molecule has 0 aliphatic rings. The highest BCUT2D eigenvalue weighted by molar-refractivity contribution is 7.79. The van der Waals surface area contributed by atoms with E-state index in [1.165, 1.54) is 0 Å². The second kappa shape index (κ2) is 8.12. The van der Waals surface area contributed by atoms with E-state index in [4.69, 9.17) is 26.4 Å². The number of benzene rings is 2. The van der Waals surface area contributed by atoms with Crippen molar-refractivity contribution in [2.45, 2.75) is 34.3 Å². The Morgan fingerprint density at radius 3 is 2.00 bits per heavy atom. The van der Waals surface area contributed by atoms with Crippen LogP contribution >= 0.6 is 12.2 Å². The highest BCUT2D eigenvalue weighted by atomic mass is 32.1. The first kappa shape index (κ1) is 18.9. The van der Waals surface area contributed by atoms with Gasteiger partial charge in [-0.15, -0.1) is 0 Å². The number of aryl methyl sites for hydroxylation is 1. The molecule has 2 aromatic carbocycles. The topological polar surface area (TPSA) is 44.8 Å². The largest absolute Gasteiger partial charge is 0.452 e. The molecule has 0 saturated heterocycles. The summed E-state index contributed by atoms with van der Waals surface area (Å²) in [5, 5.41) is 0.0621. The Balaban J connectivity index is 1.83. The van der Waals surface area contributed by atoms with Gasteiger partial charge < -0.3 is 14.2 Å². The third kappa shape index (κ3) is 6.19. The molecule has 0 N–H and O–H groups in total. The van der Waals surface area contributed by atoms with E-state index >= 15 is 0 Å². The summed E-state index contributed by atoms with van der Waals surface area (Å²) in [5.41, 5.74) is 1.50. The number of carbonyl (C=O) groups excluding carboxylic acids is 1. The summed E-state index contributed by atoms with van der Waals surface area (Å²) in [6, 6.07) is 14.6. The third-order valence-electron chi connectivity index (χ3n) is 3.33. The lowest BCUT2D eigenvalue weighted by atomic mass is 9.97. The molecule has 0 spiro atoms. The van der Waals surface area contributed by atoms with Gasteiger partial charge in [0.2, 0.25) is 0 Å². The molecule has 0 unspecified atom stereocenters. The molecule has 0 heterocycles. The summed E-state index contributed by atoms with van der Waals surface area (Å²) in [6.45, 7) is 7.71. The quantitative estimate of drug-likeness (QED) is 0.445. The van der Waals surface area contributed by atoms with Crippen molar-refractivity contribution in [3.05, 3.63) is 59.7 Å². The van der Waals surface area contributed by atoms with Crippen LogP contribution in [0.4, 0.5) is 0 Å². The fourth-order valence-corrected chi connectivity index (χ4v) is 1.94. The summed E-state index contributed by atoms with van der Waals surface area (Å²) in [5.74, 6) is 0.867. The molecule has 5 heteroatoms. The van der Waals surface area contributed by atoms with Crippen LogP contribution in [0, 0.1) is 12.3 Å². The summed E-state index contributed by atoms with van der Waals surface area (Å²) in [4.78, 5) is 11.8. The maximum Gasteiger partial charge on any atom is 0.358 e. The van der Waals surface area contributed by atoms with Crippen LogP contribution < -0.4 is 9.47 Å². The molecule has 0 bridgehead atoms. The van der Waals surface area contributed by atoms with Gasteiger partial charge in [-0.05, 0) is 57.5 Å². The van der Waals surface area contributed by atoms with Crippen LogP contribution in [0.5, 0.6) is 11.5 Å². The number of hydrogen-bond donors (Lipinski definition) is 0. The first-order valence-corrected chi connectivity index (χ1v) is 8.37. The van der Waals surface area contributed by atoms with E-state index in [1.54, 1.807) is 12.1 Å². The molecule has 0 aliphatic heterocycles. The second-order valence-corrected chi connectivity index (χ2v) is 7.07. The smallest absolute Gasteiger partial charge is 0.358 e. The van der Waals surface area contributed by atoms with Crippen molar-refractivity contribution in [2.75, 3.05) is 0 Å². The van der Waals surface area contributed by atoms with Gasteiger partial charge in [0, 0.05) is 12.2 Å². The standard InChI is InChI=1S/C20H22O4S/c1-14-5-9-17(10-6-14)24-19(25)22-13-15-7-11-16(12-8-15)23-18(21)20(2,3)4/h5-12H,13H2,1-4H3. The molecule has 0 aromatic heterocycles. The summed E-state index contributed by atoms with van der Waals surface area (Å²) in [6.07, 6.45) is 0. The minimum Gasteiger partial charge on any atom is -0.452 e. The Morgan fingerprint density at radius 2 is 1.44 bits per heavy atom. The molecule has 4 nitrogen and oxygen atoms in total. The molecule has 0 radical (unpaired) electrons. The van der Waals surface area contributed by atoms with Crippen molar-refractivity contribution in [1.82, 2.24) is 0 Å². The molecule has 0 atom stereocenters. The maximum atomic E-state index is 11.8. The van der Waals surface area contributed by atoms with Crippen LogP contribution in [0.1, 0.15) is 31.9 Å². The summed E-state index contributed by atoms with van der Waals surface area (Å²) in [7, 11) is 0. The van der Waals surface area contributed by atoms with Crippen molar-refractivity contribution < 1.29 is 19.0 Å². The Labute approximate surface area is 153 Å². The van der Waals surface area contributed by atoms with Crippen molar-refractivity contribution in [1.29, 1.82) is 0 Å². The van der Waals surface area contributed by atoms with Gasteiger partial charge in [-0.25, -0.2) is 0 Å². The van der Waals surface area contributed by atoms with Gasteiger partial charge in [0.25, 0.3) is 0 Å². The van der Waals surface area contributed by atoms with Crippen molar-refractivity contribution in [2.24, 2.45) is 5.41 Å². The van der Waals surface area contributed by atoms with Crippen LogP contribution in [0.3, 0.4) is 0 Å². The van der Waals surface area contributed by atoms with E-state index in [1.807, 2.05) is 64.1 Å². The summed E-state index contributed by atoms with van der Waals surface area (Å²) < 4.78 is 16.2. The molecule has 0 saturated carbocycles. The molecule has 0 fully saturated rings. The SMILES string of the molecule is Cc1ccc(OC(=S)OCc2ccc(OC(=O)C(C)(C)C)cc2)cc1. The Hall–Kier alpha value is -2.40. The number of carbonyl (C=O) groups is 1. The van der Waals surface area contributed by atoms with Crippen LogP contribution in [-0.4, -0.2) is 11.2 Å². The van der Waals surface area contributed by atoms with E-state index in [-0.39, 0.29) is 17.8 Å². The van der Waals surface area contributed by atoms with Crippen LogP contribution in [0.15, 0.2) is 48.5 Å². The van der Waals surface area contributed by atoms with Crippen LogP contribution in [0.2, 0.25) is 0 Å². The van der Waals surface area contributed by atoms with Gasteiger partial charge in [0.05, 0.1) is 5.41 Å². The monoisotopic (exact) mass is 358 g/mol. The average Bonchev–Trinajstić information content (AvgIpc) is 2.55. The highest BCUT2D eigenvalue weighted by Gasteiger charge is 2.23. The summed E-state index contributed by atoms with van der Waals surface area (Å²) >= 11 is 5.08. The molecule has 2 aromatic rings. The molecular formula is C20H22O4S. The van der Waals surface area contributed by atoms with Crippen molar-refractivity contribution in [3.8, 4) is 11.5 Å². The van der Waals surface area contributed by atoms with E-state index in [9.17, 15) is 4.79 Å². The van der Waals surface area contributed by atoms with Gasteiger partial charge in [0.1, 0.15) is 18.1 Å².